The maximum absolute atomic E-state index is 6.14. The number of hydrogen-bond donors (Lipinski definition) is 0. The molecule has 0 bridgehead atoms. The van der Waals surface area contributed by atoms with Crippen LogP contribution in [0.25, 0.3) is 0 Å². The number of ether oxygens (including phenoxy) is 1. The van der Waals surface area contributed by atoms with E-state index in [9.17, 15) is 0 Å². The van der Waals surface area contributed by atoms with Crippen molar-refractivity contribution in [1.29, 1.82) is 0 Å². The molecule has 6 heteroatoms. The smallest absolute Gasteiger partial charge is 0.227 e. The van der Waals surface area contributed by atoms with Crippen molar-refractivity contribution in [2.45, 2.75) is 12.5 Å². The Hall–Kier alpha value is -2.01. The molecule has 2 heterocycles. The molecule has 1 aliphatic heterocycles. The Morgan fingerprint density at radius 3 is 2.86 bits per heavy atom. The standard InChI is InChI=1S/C16H19ClN4O/c1-20(2)15-7-9-18-16(19-15)21-10-8-12(11-21)22-14-6-4-3-5-13(14)17/h3-7,9,12H,8,10-11H2,1-2H3. The zero-order chi connectivity index (χ0) is 15.5. The zero-order valence-electron chi connectivity index (χ0n) is 12.7. The zero-order valence-corrected chi connectivity index (χ0v) is 13.5. The van der Waals surface area contributed by atoms with Gasteiger partial charge in [-0.1, -0.05) is 23.7 Å². The van der Waals surface area contributed by atoms with Gasteiger partial charge in [0.1, 0.15) is 17.7 Å². The Bertz CT molecular complexity index is 650. The summed E-state index contributed by atoms with van der Waals surface area (Å²) in [7, 11) is 3.94. The molecule has 2 aromatic rings. The van der Waals surface area contributed by atoms with Crippen LogP contribution in [0.3, 0.4) is 0 Å². The first-order valence-corrected chi connectivity index (χ1v) is 7.68. The number of aromatic nitrogens is 2. The van der Waals surface area contributed by atoms with Crippen LogP contribution >= 0.6 is 11.6 Å². The van der Waals surface area contributed by atoms with Crippen LogP contribution in [0, 0.1) is 0 Å². The largest absolute Gasteiger partial charge is 0.487 e. The molecule has 22 heavy (non-hydrogen) atoms. The van der Waals surface area contributed by atoms with E-state index in [2.05, 4.69) is 14.9 Å². The summed E-state index contributed by atoms with van der Waals surface area (Å²) in [6.45, 7) is 1.65. The number of para-hydroxylation sites is 1. The molecule has 0 amide bonds. The van der Waals surface area contributed by atoms with Crippen LogP contribution < -0.4 is 14.5 Å². The average molecular weight is 319 g/mol. The second-order valence-corrected chi connectivity index (χ2v) is 5.92. The maximum atomic E-state index is 6.14. The van der Waals surface area contributed by atoms with Gasteiger partial charge in [-0.05, 0) is 18.2 Å². The van der Waals surface area contributed by atoms with Gasteiger partial charge in [0.2, 0.25) is 5.95 Å². The average Bonchev–Trinajstić information content (AvgIpc) is 2.98. The Balaban J connectivity index is 1.67. The first-order valence-electron chi connectivity index (χ1n) is 7.30. The monoisotopic (exact) mass is 318 g/mol. The second-order valence-electron chi connectivity index (χ2n) is 5.51. The molecule has 0 aliphatic carbocycles. The van der Waals surface area contributed by atoms with Gasteiger partial charge in [0.15, 0.2) is 0 Å². The molecule has 0 N–H and O–H groups in total. The summed E-state index contributed by atoms with van der Waals surface area (Å²) in [5, 5.41) is 0.645. The van der Waals surface area contributed by atoms with Gasteiger partial charge in [0.05, 0.1) is 11.6 Å². The van der Waals surface area contributed by atoms with Crippen molar-refractivity contribution in [2.24, 2.45) is 0 Å². The summed E-state index contributed by atoms with van der Waals surface area (Å²) in [4.78, 5) is 13.1. The molecule has 0 saturated carbocycles. The van der Waals surface area contributed by atoms with Crippen molar-refractivity contribution in [3.05, 3.63) is 41.6 Å². The highest BCUT2D eigenvalue weighted by atomic mass is 35.5. The normalized spacial score (nSPS) is 17.6. The number of rotatable bonds is 4. The summed E-state index contributed by atoms with van der Waals surface area (Å²) in [6, 6.07) is 9.47. The fourth-order valence-corrected chi connectivity index (χ4v) is 2.65. The molecule has 1 aliphatic rings. The third-order valence-corrected chi connectivity index (χ3v) is 3.96. The lowest BCUT2D eigenvalue weighted by Gasteiger charge is -2.19. The Morgan fingerprint density at radius 1 is 1.27 bits per heavy atom. The molecule has 1 fully saturated rings. The number of hydrogen-bond acceptors (Lipinski definition) is 5. The predicted molar refractivity (Wildman–Crippen MR) is 89.1 cm³/mol. The van der Waals surface area contributed by atoms with E-state index < -0.39 is 0 Å². The van der Waals surface area contributed by atoms with Crippen LogP contribution in [0.5, 0.6) is 5.75 Å². The van der Waals surface area contributed by atoms with Crippen molar-refractivity contribution >= 4 is 23.4 Å². The molecule has 116 valence electrons. The lowest BCUT2D eigenvalue weighted by atomic mass is 10.3. The molecular formula is C16H19ClN4O. The van der Waals surface area contributed by atoms with E-state index in [-0.39, 0.29) is 6.10 Å². The minimum Gasteiger partial charge on any atom is -0.487 e. The minimum absolute atomic E-state index is 0.103. The van der Waals surface area contributed by atoms with Gasteiger partial charge < -0.3 is 14.5 Å². The third-order valence-electron chi connectivity index (χ3n) is 3.64. The van der Waals surface area contributed by atoms with Gasteiger partial charge in [-0.15, -0.1) is 0 Å². The molecule has 5 nitrogen and oxygen atoms in total. The molecule has 1 unspecified atom stereocenters. The summed E-state index contributed by atoms with van der Waals surface area (Å²) < 4.78 is 6.00. The molecule has 1 aromatic carbocycles. The number of halogens is 1. The highest BCUT2D eigenvalue weighted by Gasteiger charge is 2.26. The van der Waals surface area contributed by atoms with E-state index in [0.717, 1.165) is 37.0 Å². The van der Waals surface area contributed by atoms with Crippen LogP contribution in [-0.2, 0) is 0 Å². The summed E-state index contributed by atoms with van der Waals surface area (Å²) in [5.74, 6) is 2.39. The fourth-order valence-electron chi connectivity index (χ4n) is 2.47. The second kappa shape index (κ2) is 6.40. The molecule has 1 atom stereocenters. The Labute approximate surface area is 135 Å². The summed E-state index contributed by atoms with van der Waals surface area (Å²) >= 11 is 6.14. The lowest BCUT2D eigenvalue weighted by Crippen LogP contribution is -2.26. The molecule has 3 rings (SSSR count). The van der Waals surface area contributed by atoms with Crippen molar-refractivity contribution in [3.63, 3.8) is 0 Å². The number of nitrogens with zero attached hydrogens (tertiary/aromatic N) is 4. The predicted octanol–water partition coefficient (Wildman–Crippen LogP) is 2.85. The van der Waals surface area contributed by atoms with Gasteiger partial charge in [-0.25, -0.2) is 4.98 Å². The molecule has 0 radical (unpaired) electrons. The number of benzene rings is 1. The Morgan fingerprint density at radius 2 is 2.09 bits per heavy atom. The van der Waals surface area contributed by atoms with Gasteiger partial charge >= 0.3 is 0 Å². The minimum atomic E-state index is 0.103. The van der Waals surface area contributed by atoms with Crippen molar-refractivity contribution in [1.82, 2.24) is 9.97 Å². The van der Waals surface area contributed by atoms with Gasteiger partial charge in [-0.3, -0.25) is 0 Å². The summed E-state index contributed by atoms with van der Waals surface area (Å²) in [5.41, 5.74) is 0. The molecular weight excluding hydrogens is 300 g/mol. The SMILES string of the molecule is CN(C)c1ccnc(N2CCC(Oc3ccccc3Cl)C2)n1. The van der Waals surface area contributed by atoms with Crippen LogP contribution in [-0.4, -0.2) is 43.3 Å². The van der Waals surface area contributed by atoms with E-state index >= 15 is 0 Å². The van der Waals surface area contributed by atoms with Crippen molar-refractivity contribution in [2.75, 3.05) is 37.0 Å². The van der Waals surface area contributed by atoms with Crippen molar-refractivity contribution < 1.29 is 4.74 Å². The fraction of sp³-hybridized carbons (Fsp3) is 0.375. The van der Waals surface area contributed by atoms with Gasteiger partial charge in [0.25, 0.3) is 0 Å². The van der Waals surface area contributed by atoms with E-state index in [0.29, 0.717) is 5.02 Å². The van der Waals surface area contributed by atoms with E-state index in [4.69, 9.17) is 16.3 Å². The molecule has 1 saturated heterocycles. The van der Waals surface area contributed by atoms with Crippen LogP contribution in [0.15, 0.2) is 36.5 Å². The Kier molecular flexibility index (Phi) is 4.34. The van der Waals surface area contributed by atoms with Crippen LogP contribution in [0.2, 0.25) is 5.02 Å². The highest BCUT2D eigenvalue weighted by molar-refractivity contribution is 6.32. The number of anilines is 2. The quantitative estimate of drug-likeness (QED) is 0.867. The first kappa shape index (κ1) is 14.9. The van der Waals surface area contributed by atoms with Crippen LogP contribution in [0.4, 0.5) is 11.8 Å². The van der Waals surface area contributed by atoms with Crippen LogP contribution in [0.1, 0.15) is 6.42 Å². The maximum Gasteiger partial charge on any atom is 0.227 e. The van der Waals surface area contributed by atoms with E-state index in [1.54, 1.807) is 6.20 Å². The highest BCUT2D eigenvalue weighted by Crippen LogP contribution is 2.27. The van der Waals surface area contributed by atoms with E-state index in [1.165, 1.54) is 0 Å². The summed E-state index contributed by atoms with van der Waals surface area (Å²) in [6.07, 6.45) is 2.83. The molecule has 1 aromatic heterocycles. The van der Waals surface area contributed by atoms with Gasteiger partial charge in [0, 0.05) is 33.3 Å². The van der Waals surface area contributed by atoms with Crippen molar-refractivity contribution in [3.8, 4) is 5.75 Å². The van der Waals surface area contributed by atoms with Gasteiger partial charge in [-0.2, -0.15) is 4.98 Å². The topological polar surface area (TPSA) is 41.5 Å². The van der Waals surface area contributed by atoms with E-state index in [1.807, 2.05) is 49.3 Å². The lowest BCUT2D eigenvalue weighted by molar-refractivity contribution is 0.225. The first-order chi connectivity index (χ1) is 10.6. The molecule has 0 spiro atoms. The third kappa shape index (κ3) is 3.25.